The highest BCUT2D eigenvalue weighted by Gasteiger charge is 2.23. The average molecular weight is 434 g/mol. The SMILES string of the molecule is COc1ccc(C(=O)C(C)Sc2nnc(-c3ccoc3C)n2Cc2ccccc2)cc1. The van der Waals surface area contributed by atoms with E-state index in [1.807, 2.05) is 42.7 Å². The molecule has 158 valence electrons. The normalized spacial score (nSPS) is 12.0. The van der Waals surface area contributed by atoms with Crippen LogP contribution in [-0.2, 0) is 6.54 Å². The van der Waals surface area contributed by atoms with E-state index in [2.05, 4.69) is 22.3 Å². The molecule has 0 saturated carbocycles. The zero-order chi connectivity index (χ0) is 21.8. The van der Waals surface area contributed by atoms with E-state index in [0.29, 0.717) is 17.3 Å². The van der Waals surface area contributed by atoms with Crippen LogP contribution in [0.3, 0.4) is 0 Å². The molecule has 2 heterocycles. The lowest BCUT2D eigenvalue weighted by Gasteiger charge is -2.13. The quantitative estimate of drug-likeness (QED) is 0.279. The van der Waals surface area contributed by atoms with Gasteiger partial charge in [0.05, 0.1) is 30.7 Å². The third-order valence-electron chi connectivity index (χ3n) is 5.03. The van der Waals surface area contributed by atoms with E-state index in [1.54, 1.807) is 37.6 Å². The topological polar surface area (TPSA) is 70.2 Å². The lowest BCUT2D eigenvalue weighted by molar-refractivity contribution is 0.0994. The van der Waals surface area contributed by atoms with Gasteiger partial charge in [0, 0.05) is 5.56 Å². The molecular formula is C24H23N3O3S. The van der Waals surface area contributed by atoms with E-state index in [-0.39, 0.29) is 11.0 Å². The molecule has 2 aromatic carbocycles. The summed E-state index contributed by atoms with van der Waals surface area (Å²) in [5.41, 5.74) is 2.66. The van der Waals surface area contributed by atoms with E-state index in [9.17, 15) is 4.79 Å². The van der Waals surface area contributed by atoms with Gasteiger partial charge in [0.2, 0.25) is 0 Å². The molecule has 31 heavy (non-hydrogen) atoms. The Kier molecular flexibility index (Phi) is 6.23. The van der Waals surface area contributed by atoms with Crippen molar-refractivity contribution in [3.05, 3.63) is 83.8 Å². The molecule has 0 radical (unpaired) electrons. The van der Waals surface area contributed by atoms with Crippen LogP contribution in [0.15, 0.2) is 76.5 Å². The standard InChI is InChI=1S/C24H23N3O3S/c1-16-21(13-14-30-16)23-25-26-24(27(23)15-18-7-5-4-6-8-18)31-17(2)22(28)19-9-11-20(29-3)12-10-19/h4-14,17H,15H2,1-3H3. The number of hydrogen-bond donors (Lipinski definition) is 0. The van der Waals surface area contributed by atoms with Crippen molar-refractivity contribution in [1.82, 2.24) is 14.8 Å². The summed E-state index contributed by atoms with van der Waals surface area (Å²) in [6.07, 6.45) is 1.65. The number of methoxy groups -OCH3 is 1. The molecule has 0 aliphatic carbocycles. The number of aromatic nitrogens is 3. The summed E-state index contributed by atoms with van der Waals surface area (Å²) in [6.45, 7) is 4.39. The van der Waals surface area contributed by atoms with Crippen molar-refractivity contribution in [2.75, 3.05) is 7.11 Å². The molecule has 1 unspecified atom stereocenters. The van der Waals surface area contributed by atoms with Gasteiger partial charge in [-0.3, -0.25) is 9.36 Å². The molecule has 0 amide bonds. The van der Waals surface area contributed by atoms with Crippen LogP contribution in [-0.4, -0.2) is 32.9 Å². The molecule has 0 N–H and O–H groups in total. The Balaban J connectivity index is 1.63. The summed E-state index contributed by atoms with van der Waals surface area (Å²) in [7, 11) is 1.61. The van der Waals surface area contributed by atoms with Crippen molar-refractivity contribution in [1.29, 1.82) is 0 Å². The number of furan rings is 1. The Bertz CT molecular complexity index is 1170. The fourth-order valence-electron chi connectivity index (χ4n) is 3.30. The second kappa shape index (κ2) is 9.22. The monoisotopic (exact) mass is 433 g/mol. The lowest BCUT2D eigenvalue weighted by Crippen LogP contribution is -2.15. The summed E-state index contributed by atoms with van der Waals surface area (Å²) < 4.78 is 12.7. The summed E-state index contributed by atoms with van der Waals surface area (Å²) in [4.78, 5) is 13.0. The zero-order valence-electron chi connectivity index (χ0n) is 17.6. The van der Waals surface area contributed by atoms with Crippen molar-refractivity contribution in [3.63, 3.8) is 0 Å². The van der Waals surface area contributed by atoms with E-state index >= 15 is 0 Å². The van der Waals surface area contributed by atoms with Crippen molar-refractivity contribution in [2.24, 2.45) is 0 Å². The van der Waals surface area contributed by atoms with Crippen LogP contribution in [0.2, 0.25) is 0 Å². The van der Waals surface area contributed by atoms with Crippen LogP contribution in [0.25, 0.3) is 11.4 Å². The number of aryl methyl sites for hydroxylation is 1. The van der Waals surface area contributed by atoms with Crippen LogP contribution in [0.5, 0.6) is 5.75 Å². The molecule has 0 fully saturated rings. The summed E-state index contributed by atoms with van der Waals surface area (Å²) >= 11 is 1.40. The highest BCUT2D eigenvalue weighted by Crippen LogP contribution is 2.31. The number of thioether (sulfide) groups is 1. The number of hydrogen-bond acceptors (Lipinski definition) is 6. The maximum atomic E-state index is 13.0. The molecular weight excluding hydrogens is 410 g/mol. The number of carbonyl (C=O) groups excluding carboxylic acids is 1. The first-order chi connectivity index (χ1) is 15.1. The number of rotatable bonds is 8. The molecule has 2 aromatic heterocycles. The predicted octanol–water partition coefficient (Wildman–Crippen LogP) is 5.27. The second-order valence-corrected chi connectivity index (χ2v) is 8.43. The predicted molar refractivity (Wildman–Crippen MR) is 121 cm³/mol. The maximum Gasteiger partial charge on any atom is 0.192 e. The number of ketones is 1. The van der Waals surface area contributed by atoms with Crippen LogP contribution in [0.4, 0.5) is 0 Å². The van der Waals surface area contributed by atoms with Crippen LogP contribution < -0.4 is 4.74 Å². The number of Topliss-reactive ketones (excluding diaryl/α,β-unsaturated/α-hetero) is 1. The lowest BCUT2D eigenvalue weighted by atomic mass is 10.1. The van der Waals surface area contributed by atoms with E-state index in [4.69, 9.17) is 9.15 Å². The highest BCUT2D eigenvalue weighted by molar-refractivity contribution is 8.00. The molecule has 0 bridgehead atoms. The van der Waals surface area contributed by atoms with Gasteiger partial charge in [0.25, 0.3) is 0 Å². The Hall–Kier alpha value is -3.32. The first-order valence-electron chi connectivity index (χ1n) is 9.93. The zero-order valence-corrected chi connectivity index (χ0v) is 18.4. The molecule has 0 aliphatic rings. The van der Waals surface area contributed by atoms with Gasteiger partial charge < -0.3 is 9.15 Å². The Morgan fingerprint density at radius 3 is 2.48 bits per heavy atom. The molecule has 7 heteroatoms. The largest absolute Gasteiger partial charge is 0.497 e. The molecule has 4 rings (SSSR count). The Morgan fingerprint density at radius 2 is 1.84 bits per heavy atom. The molecule has 4 aromatic rings. The smallest absolute Gasteiger partial charge is 0.192 e. The minimum atomic E-state index is -0.328. The molecule has 0 aliphatic heterocycles. The highest BCUT2D eigenvalue weighted by atomic mass is 32.2. The molecule has 0 spiro atoms. The van der Waals surface area contributed by atoms with Crippen molar-refractivity contribution in [2.45, 2.75) is 30.8 Å². The first kappa shape index (κ1) is 20.9. The number of carbonyl (C=O) groups is 1. The van der Waals surface area contributed by atoms with Crippen LogP contribution in [0.1, 0.15) is 28.6 Å². The fourth-order valence-corrected chi connectivity index (χ4v) is 4.23. The van der Waals surface area contributed by atoms with Crippen molar-refractivity contribution >= 4 is 17.5 Å². The van der Waals surface area contributed by atoms with Gasteiger partial charge >= 0.3 is 0 Å². The number of nitrogens with zero attached hydrogens (tertiary/aromatic N) is 3. The van der Waals surface area contributed by atoms with Gasteiger partial charge in [0.1, 0.15) is 11.5 Å². The van der Waals surface area contributed by atoms with Crippen LogP contribution in [0, 0.1) is 6.92 Å². The Labute approximate surface area is 185 Å². The minimum Gasteiger partial charge on any atom is -0.497 e. The first-order valence-corrected chi connectivity index (χ1v) is 10.8. The van der Waals surface area contributed by atoms with Gasteiger partial charge in [-0.25, -0.2) is 0 Å². The Morgan fingerprint density at radius 1 is 1.10 bits per heavy atom. The van der Waals surface area contributed by atoms with Gasteiger partial charge in [0.15, 0.2) is 16.8 Å². The summed E-state index contributed by atoms with van der Waals surface area (Å²) in [6, 6.07) is 19.2. The second-order valence-electron chi connectivity index (χ2n) is 7.12. The number of ether oxygens (including phenoxy) is 1. The number of benzene rings is 2. The summed E-state index contributed by atoms with van der Waals surface area (Å²) in [5, 5.41) is 9.20. The van der Waals surface area contributed by atoms with E-state index < -0.39 is 0 Å². The molecule has 0 saturated heterocycles. The third kappa shape index (κ3) is 4.56. The maximum absolute atomic E-state index is 13.0. The minimum absolute atomic E-state index is 0.0305. The van der Waals surface area contributed by atoms with Crippen molar-refractivity contribution in [3.8, 4) is 17.1 Å². The van der Waals surface area contributed by atoms with Gasteiger partial charge in [-0.1, -0.05) is 42.1 Å². The van der Waals surface area contributed by atoms with Gasteiger partial charge in [-0.05, 0) is 49.7 Å². The third-order valence-corrected chi connectivity index (χ3v) is 6.11. The molecule has 6 nitrogen and oxygen atoms in total. The molecule has 1 atom stereocenters. The van der Waals surface area contributed by atoms with Crippen molar-refractivity contribution < 1.29 is 13.9 Å². The van der Waals surface area contributed by atoms with Gasteiger partial charge in [-0.2, -0.15) is 0 Å². The van der Waals surface area contributed by atoms with E-state index in [0.717, 1.165) is 28.5 Å². The fraction of sp³-hybridized carbons (Fsp3) is 0.208. The average Bonchev–Trinajstić information content (AvgIpc) is 3.39. The van der Waals surface area contributed by atoms with Gasteiger partial charge in [-0.15, -0.1) is 10.2 Å². The van der Waals surface area contributed by atoms with E-state index in [1.165, 1.54) is 11.8 Å². The van der Waals surface area contributed by atoms with Crippen LogP contribution >= 0.6 is 11.8 Å². The summed E-state index contributed by atoms with van der Waals surface area (Å²) in [5.74, 6) is 2.25.